The largest absolute Gasteiger partial charge is 0.416 e. The van der Waals surface area contributed by atoms with Crippen LogP contribution in [0.15, 0.2) is 24.3 Å². The minimum absolute atomic E-state index is 0.00763. The monoisotopic (exact) mass is 328 g/mol. The van der Waals surface area contributed by atoms with Crippen LogP contribution in [0.3, 0.4) is 0 Å². The van der Waals surface area contributed by atoms with E-state index < -0.39 is 11.7 Å². The van der Waals surface area contributed by atoms with Gasteiger partial charge in [0.1, 0.15) is 0 Å². The van der Waals surface area contributed by atoms with Crippen molar-refractivity contribution in [1.29, 1.82) is 0 Å². The van der Waals surface area contributed by atoms with E-state index >= 15 is 0 Å². The molecule has 1 aromatic rings. The van der Waals surface area contributed by atoms with Gasteiger partial charge in [-0.15, -0.1) is 0 Å². The summed E-state index contributed by atoms with van der Waals surface area (Å²) in [6.45, 7) is 4.20. The first-order chi connectivity index (χ1) is 10.8. The topological polar surface area (TPSA) is 32.3 Å². The van der Waals surface area contributed by atoms with E-state index in [2.05, 4.69) is 5.32 Å². The van der Waals surface area contributed by atoms with Crippen LogP contribution >= 0.6 is 0 Å². The van der Waals surface area contributed by atoms with Crippen molar-refractivity contribution in [3.63, 3.8) is 0 Å². The highest BCUT2D eigenvalue weighted by Crippen LogP contribution is 2.37. The lowest BCUT2D eigenvalue weighted by molar-refractivity contribution is -0.137. The molecular weight excluding hydrogens is 305 g/mol. The van der Waals surface area contributed by atoms with Gasteiger partial charge in [0, 0.05) is 18.5 Å². The summed E-state index contributed by atoms with van der Waals surface area (Å²) in [7, 11) is 1.78. The number of nitrogens with zero attached hydrogens (tertiary/aromatic N) is 1. The van der Waals surface area contributed by atoms with Crippen LogP contribution in [0.2, 0.25) is 0 Å². The van der Waals surface area contributed by atoms with Crippen molar-refractivity contribution < 1.29 is 18.0 Å². The summed E-state index contributed by atoms with van der Waals surface area (Å²) in [4.78, 5) is 14.4. The lowest BCUT2D eigenvalue weighted by Gasteiger charge is -2.32. The van der Waals surface area contributed by atoms with Crippen molar-refractivity contribution in [1.82, 2.24) is 10.2 Å². The third-order valence-corrected chi connectivity index (χ3v) is 4.24. The number of hydrogen-bond acceptors (Lipinski definition) is 2. The molecule has 2 atom stereocenters. The van der Waals surface area contributed by atoms with Gasteiger partial charge >= 0.3 is 6.18 Å². The molecule has 0 spiro atoms. The van der Waals surface area contributed by atoms with Gasteiger partial charge in [-0.1, -0.05) is 19.1 Å². The maximum atomic E-state index is 12.9. The van der Waals surface area contributed by atoms with Crippen LogP contribution in [-0.4, -0.2) is 30.4 Å². The number of halogens is 3. The first-order valence-corrected chi connectivity index (χ1v) is 7.89. The fourth-order valence-corrected chi connectivity index (χ4v) is 2.82. The Labute approximate surface area is 134 Å². The number of benzene rings is 1. The van der Waals surface area contributed by atoms with Gasteiger partial charge in [0.15, 0.2) is 0 Å². The van der Waals surface area contributed by atoms with Gasteiger partial charge in [-0.3, -0.25) is 4.79 Å². The Morgan fingerprint density at radius 3 is 2.52 bits per heavy atom. The minimum atomic E-state index is -4.37. The second kappa shape index (κ2) is 6.91. The summed E-state index contributed by atoms with van der Waals surface area (Å²) in [5, 5.41) is 2.97. The van der Waals surface area contributed by atoms with E-state index in [1.807, 2.05) is 6.92 Å². The summed E-state index contributed by atoms with van der Waals surface area (Å²) in [5.41, 5.74) is -0.148. The van der Waals surface area contributed by atoms with E-state index in [0.29, 0.717) is 12.1 Å². The molecule has 0 aromatic heterocycles. The molecule has 1 N–H and O–H groups in total. The second-order valence-corrected chi connectivity index (χ2v) is 6.23. The van der Waals surface area contributed by atoms with Gasteiger partial charge in [-0.25, -0.2) is 0 Å². The van der Waals surface area contributed by atoms with Crippen LogP contribution in [0.4, 0.5) is 13.2 Å². The molecule has 2 rings (SSSR count). The maximum Gasteiger partial charge on any atom is 0.416 e. The van der Waals surface area contributed by atoms with Crippen molar-refractivity contribution in [2.45, 2.75) is 44.9 Å². The molecule has 6 heteroatoms. The Morgan fingerprint density at radius 1 is 1.35 bits per heavy atom. The van der Waals surface area contributed by atoms with Gasteiger partial charge in [0.05, 0.1) is 11.6 Å². The molecule has 2 unspecified atom stereocenters. The summed E-state index contributed by atoms with van der Waals surface area (Å²) < 4.78 is 38.7. The van der Waals surface area contributed by atoms with E-state index in [9.17, 15) is 18.0 Å². The lowest BCUT2D eigenvalue weighted by Crippen LogP contribution is -2.41. The average Bonchev–Trinajstić information content (AvgIpc) is 3.31. The number of carbonyl (C=O) groups excluding carboxylic acids is 1. The van der Waals surface area contributed by atoms with Crippen molar-refractivity contribution >= 4 is 5.91 Å². The van der Waals surface area contributed by atoms with E-state index in [4.69, 9.17) is 0 Å². The Bertz CT molecular complexity index is 555. The van der Waals surface area contributed by atoms with Gasteiger partial charge in [-0.05, 0) is 44.5 Å². The third-order valence-electron chi connectivity index (χ3n) is 4.24. The molecule has 1 aliphatic rings. The molecule has 3 nitrogen and oxygen atoms in total. The van der Waals surface area contributed by atoms with E-state index in [0.717, 1.165) is 25.0 Å². The van der Waals surface area contributed by atoms with Crippen molar-refractivity contribution in [2.24, 2.45) is 5.92 Å². The zero-order valence-electron chi connectivity index (χ0n) is 13.7. The SMILES string of the molecule is CNCC(C)C(=O)N(C1CC1)C(C)c1cccc(C(F)(F)F)c1. The molecule has 0 aliphatic heterocycles. The summed E-state index contributed by atoms with van der Waals surface area (Å²) in [6.07, 6.45) is -2.54. The number of amides is 1. The van der Waals surface area contributed by atoms with Gasteiger partial charge in [0.25, 0.3) is 0 Å². The van der Waals surface area contributed by atoms with Crippen LogP contribution < -0.4 is 5.32 Å². The Morgan fingerprint density at radius 2 is 2.00 bits per heavy atom. The molecule has 1 saturated carbocycles. The standard InChI is InChI=1S/C17H23F3N2O/c1-11(10-21-3)16(23)22(15-7-8-15)12(2)13-5-4-6-14(9-13)17(18,19)20/h4-6,9,11-12,15,21H,7-8,10H2,1-3H3. The predicted molar refractivity (Wildman–Crippen MR) is 82.8 cm³/mol. The number of nitrogens with one attached hydrogen (secondary N) is 1. The smallest absolute Gasteiger partial charge is 0.333 e. The molecule has 0 radical (unpaired) electrons. The lowest BCUT2D eigenvalue weighted by atomic mass is 10.0. The number of alkyl halides is 3. The molecule has 1 aliphatic carbocycles. The Hall–Kier alpha value is -1.56. The normalized spacial score (nSPS) is 17.7. The number of rotatable bonds is 6. The van der Waals surface area contributed by atoms with E-state index in [1.54, 1.807) is 24.9 Å². The third kappa shape index (κ3) is 4.25. The van der Waals surface area contributed by atoms with Crippen molar-refractivity contribution in [3.8, 4) is 0 Å². The number of hydrogen-bond donors (Lipinski definition) is 1. The average molecular weight is 328 g/mol. The zero-order chi connectivity index (χ0) is 17.2. The fraction of sp³-hybridized carbons (Fsp3) is 0.588. The first-order valence-electron chi connectivity index (χ1n) is 7.89. The van der Waals surface area contributed by atoms with E-state index in [-0.39, 0.29) is 23.9 Å². The quantitative estimate of drug-likeness (QED) is 0.865. The van der Waals surface area contributed by atoms with Gasteiger partial charge in [-0.2, -0.15) is 13.2 Å². The summed E-state index contributed by atoms with van der Waals surface area (Å²) >= 11 is 0. The van der Waals surface area contributed by atoms with Crippen LogP contribution in [0.5, 0.6) is 0 Å². The summed E-state index contributed by atoms with van der Waals surface area (Å²) in [5.74, 6) is -0.208. The molecule has 1 fully saturated rings. The van der Waals surface area contributed by atoms with E-state index in [1.165, 1.54) is 6.07 Å². The highest BCUT2D eigenvalue weighted by Gasteiger charge is 2.38. The predicted octanol–water partition coefficient (Wildman–Crippen LogP) is 3.61. The van der Waals surface area contributed by atoms with Crippen molar-refractivity contribution in [3.05, 3.63) is 35.4 Å². The maximum absolute atomic E-state index is 12.9. The van der Waals surface area contributed by atoms with Crippen LogP contribution in [0.1, 0.15) is 43.9 Å². The highest BCUT2D eigenvalue weighted by atomic mass is 19.4. The molecule has 128 valence electrons. The zero-order valence-corrected chi connectivity index (χ0v) is 13.7. The molecule has 0 saturated heterocycles. The molecule has 0 heterocycles. The Balaban J connectivity index is 2.25. The van der Waals surface area contributed by atoms with Gasteiger partial charge in [0.2, 0.25) is 5.91 Å². The number of carbonyl (C=O) groups is 1. The molecular formula is C17H23F3N2O. The van der Waals surface area contributed by atoms with Gasteiger partial charge < -0.3 is 10.2 Å². The van der Waals surface area contributed by atoms with Crippen LogP contribution in [0.25, 0.3) is 0 Å². The molecule has 1 aromatic carbocycles. The molecule has 1 amide bonds. The van der Waals surface area contributed by atoms with Crippen LogP contribution in [0, 0.1) is 5.92 Å². The second-order valence-electron chi connectivity index (χ2n) is 6.23. The van der Waals surface area contributed by atoms with Crippen LogP contribution in [-0.2, 0) is 11.0 Å². The van der Waals surface area contributed by atoms with Crippen molar-refractivity contribution in [2.75, 3.05) is 13.6 Å². The summed E-state index contributed by atoms with van der Waals surface area (Å²) in [6, 6.07) is 5.05. The Kier molecular flexibility index (Phi) is 5.34. The minimum Gasteiger partial charge on any atom is -0.333 e. The first kappa shape index (κ1) is 17.8. The molecule has 23 heavy (non-hydrogen) atoms. The highest BCUT2D eigenvalue weighted by molar-refractivity contribution is 5.80. The fourth-order valence-electron chi connectivity index (χ4n) is 2.82. The molecule has 0 bridgehead atoms.